The molecule has 2 amide bonds. The van der Waals surface area contributed by atoms with E-state index >= 15 is 0 Å². The van der Waals surface area contributed by atoms with Crippen molar-refractivity contribution >= 4 is 34.9 Å². The van der Waals surface area contributed by atoms with E-state index in [1.807, 2.05) is 0 Å². The summed E-state index contributed by atoms with van der Waals surface area (Å²) in [6, 6.07) is 1.32. The molecule has 1 aromatic heterocycles. The SMILES string of the molecule is Cc1c(C(=O)Nc2ccc(F)c(Cl)c2)c(C)n(C)c1C(=O)C(=O)N[C@@H](C)C(F)(F)F. The van der Waals surface area contributed by atoms with E-state index in [2.05, 4.69) is 5.32 Å². The number of nitrogens with one attached hydrogen (secondary N) is 2. The first-order chi connectivity index (χ1) is 13.8. The highest BCUT2D eigenvalue weighted by Gasteiger charge is 2.39. The fourth-order valence-corrected chi connectivity index (χ4v) is 3.03. The van der Waals surface area contributed by atoms with Gasteiger partial charge in [-0.2, -0.15) is 13.2 Å². The molecule has 0 aliphatic carbocycles. The normalized spacial score (nSPS) is 12.4. The van der Waals surface area contributed by atoms with Gasteiger partial charge in [-0.25, -0.2) is 4.39 Å². The number of hydrogen-bond donors (Lipinski definition) is 2. The number of benzene rings is 1. The van der Waals surface area contributed by atoms with Gasteiger partial charge in [-0.3, -0.25) is 14.4 Å². The molecule has 1 heterocycles. The van der Waals surface area contributed by atoms with Crippen molar-refractivity contribution in [2.24, 2.45) is 7.05 Å². The molecule has 2 aromatic rings. The Morgan fingerprint density at radius 3 is 2.30 bits per heavy atom. The molecular formula is C19H18ClF4N3O3. The van der Waals surface area contributed by atoms with E-state index in [-0.39, 0.29) is 27.5 Å². The molecule has 6 nitrogen and oxygen atoms in total. The van der Waals surface area contributed by atoms with Gasteiger partial charge in [0, 0.05) is 18.4 Å². The van der Waals surface area contributed by atoms with E-state index in [1.165, 1.54) is 37.6 Å². The number of carbonyl (C=O) groups is 3. The van der Waals surface area contributed by atoms with Crippen molar-refractivity contribution in [2.75, 3.05) is 5.32 Å². The number of Topliss-reactive ketones (excluding diaryl/α,β-unsaturated/α-hetero) is 1. The minimum atomic E-state index is -4.71. The van der Waals surface area contributed by atoms with Crippen LogP contribution in [0.3, 0.4) is 0 Å². The molecule has 1 aromatic carbocycles. The molecule has 0 saturated heterocycles. The Morgan fingerprint density at radius 2 is 1.77 bits per heavy atom. The molecule has 0 radical (unpaired) electrons. The van der Waals surface area contributed by atoms with Gasteiger partial charge in [0.25, 0.3) is 17.6 Å². The molecule has 162 valence electrons. The number of halogens is 5. The van der Waals surface area contributed by atoms with Crippen molar-refractivity contribution in [3.05, 3.63) is 51.6 Å². The van der Waals surface area contributed by atoms with E-state index in [9.17, 15) is 31.9 Å². The fraction of sp³-hybridized carbons (Fsp3) is 0.316. The van der Waals surface area contributed by atoms with Gasteiger partial charge in [0.15, 0.2) is 0 Å². The molecule has 11 heteroatoms. The van der Waals surface area contributed by atoms with Crippen LogP contribution < -0.4 is 10.6 Å². The Balaban J connectivity index is 2.33. The zero-order chi connectivity index (χ0) is 23.0. The number of rotatable bonds is 5. The lowest BCUT2D eigenvalue weighted by molar-refractivity contribution is -0.156. The van der Waals surface area contributed by atoms with E-state index in [1.54, 1.807) is 5.32 Å². The molecule has 2 rings (SSSR count). The molecule has 2 N–H and O–H groups in total. The predicted octanol–water partition coefficient (Wildman–Crippen LogP) is 3.94. The first-order valence-corrected chi connectivity index (χ1v) is 8.97. The number of alkyl halides is 3. The molecule has 0 bridgehead atoms. The molecular weight excluding hydrogens is 430 g/mol. The van der Waals surface area contributed by atoms with Crippen molar-refractivity contribution < 1.29 is 31.9 Å². The zero-order valence-corrected chi connectivity index (χ0v) is 17.1. The molecule has 0 aliphatic rings. The maximum atomic E-state index is 13.3. The smallest absolute Gasteiger partial charge is 0.344 e. The van der Waals surface area contributed by atoms with Gasteiger partial charge in [0.1, 0.15) is 11.9 Å². The van der Waals surface area contributed by atoms with Gasteiger partial charge in [0.05, 0.1) is 16.3 Å². The van der Waals surface area contributed by atoms with Crippen LogP contribution in [-0.2, 0) is 11.8 Å². The maximum Gasteiger partial charge on any atom is 0.408 e. The van der Waals surface area contributed by atoms with Crippen molar-refractivity contribution in [1.82, 2.24) is 9.88 Å². The number of hydrogen-bond acceptors (Lipinski definition) is 3. The fourth-order valence-electron chi connectivity index (χ4n) is 2.85. The summed E-state index contributed by atoms with van der Waals surface area (Å²) in [6.45, 7) is 3.61. The number of nitrogens with zero attached hydrogens (tertiary/aromatic N) is 1. The van der Waals surface area contributed by atoms with Crippen molar-refractivity contribution in [1.29, 1.82) is 0 Å². The molecule has 0 fully saturated rings. The lowest BCUT2D eigenvalue weighted by Gasteiger charge is -2.16. The van der Waals surface area contributed by atoms with Crippen LogP contribution in [0.4, 0.5) is 23.2 Å². The average Bonchev–Trinajstić information content (AvgIpc) is 2.85. The van der Waals surface area contributed by atoms with Gasteiger partial charge in [-0.15, -0.1) is 0 Å². The minimum absolute atomic E-state index is 0.0537. The van der Waals surface area contributed by atoms with E-state index in [4.69, 9.17) is 11.6 Å². The highest BCUT2D eigenvalue weighted by atomic mass is 35.5. The molecule has 0 aliphatic heterocycles. The third-order valence-corrected chi connectivity index (χ3v) is 4.88. The van der Waals surface area contributed by atoms with Crippen LogP contribution in [0.2, 0.25) is 5.02 Å². The average molecular weight is 448 g/mol. The summed E-state index contributed by atoms with van der Waals surface area (Å²) in [5.41, 5.74) is 0.442. The van der Waals surface area contributed by atoms with Crippen LogP contribution in [0.5, 0.6) is 0 Å². The quantitative estimate of drug-likeness (QED) is 0.414. The Hall–Kier alpha value is -2.88. The van der Waals surface area contributed by atoms with Gasteiger partial charge in [-0.05, 0) is 44.5 Å². The van der Waals surface area contributed by atoms with Gasteiger partial charge >= 0.3 is 6.18 Å². The number of ketones is 1. The monoisotopic (exact) mass is 447 g/mol. The van der Waals surface area contributed by atoms with Crippen LogP contribution in [0.15, 0.2) is 18.2 Å². The van der Waals surface area contributed by atoms with Crippen molar-refractivity contribution in [3.63, 3.8) is 0 Å². The first-order valence-electron chi connectivity index (χ1n) is 8.59. The number of anilines is 1. The van der Waals surface area contributed by atoms with Crippen LogP contribution in [-0.4, -0.2) is 34.4 Å². The summed E-state index contributed by atoms with van der Waals surface area (Å²) >= 11 is 5.69. The van der Waals surface area contributed by atoms with Crippen LogP contribution >= 0.6 is 11.6 Å². The molecule has 0 unspecified atom stereocenters. The Labute approximate surface area is 174 Å². The third-order valence-electron chi connectivity index (χ3n) is 4.59. The van der Waals surface area contributed by atoms with Crippen LogP contribution in [0, 0.1) is 19.7 Å². The maximum absolute atomic E-state index is 13.3. The second-order valence-electron chi connectivity index (χ2n) is 6.64. The zero-order valence-electron chi connectivity index (χ0n) is 16.4. The Kier molecular flexibility index (Phi) is 6.60. The Bertz CT molecular complexity index is 1030. The second-order valence-corrected chi connectivity index (χ2v) is 7.05. The number of amides is 2. The molecule has 1 atom stereocenters. The second kappa shape index (κ2) is 8.47. The largest absolute Gasteiger partial charge is 0.408 e. The van der Waals surface area contributed by atoms with E-state index in [0.717, 1.165) is 6.07 Å². The summed E-state index contributed by atoms with van der Waals surface area (Å²) in [6.07, 6.45) is -4.71. The highest BCUT2D eigenvalue weighted by molar-refractivity contribution is 6.43. The summed E-state index contributed by atoms with van der Waals surface area (Å²) in [4.78, 5) is 37.2. The standard InChI is InChI=1S/C19H18ClF4N3O3/c1-8-14(17(29)26-11-5-6-13(21)12(20)7-11)9(2)27(4)15(8)16(28)18(30)25-10(3)19(22,23)24/h5-7,10H,1-4H3,(H,25,30)(H,26,29)/t10-/m0/s1. The number of carbonyl (C=O) groups excluding carboxylic acids is 3. The Morgan fingerprint density at radius 1 is 1.17 bits per heavy atom. The van der Waals surface area contributed by atoms with E-state index < -0.39 is 35.6 Å². The lowest BCUT2D eigenvalue weighted by atomic mass is 10.1. The van der Waals surface area contributed by atoms with Gasteiger partial charge in [0.2, 0.25) is 0 Å². The molecule has 0 saturated carbocycles. The van der Waals surface area contributed by atoms with E-state index in [0.29, 0.717) is 12.6 Å². The number of aromatic nitrogens is 1. The van der Waals surface area contributed by atoms with Crippen LogP contribution in [0.1, 0.15) is 39.0 Å². The van der Waals surface area contributed by atoms with Crippen molar-refractivity contribution in [3.8, 4) is 0 Å². The highest BCUT2D eigenvalue weighted by Crippen LogP contribution is 2.25. The summed E-state index contributed by atoms with van der Waals surface area (Å²) in [7, 11) is 1.40. The summed E-state index contributed by atoms with van der Waals surface area (Å²) < 4.78 is 52.5. The van der Waals surface area contributed by atoms with Crippen molar-refractivity contribution in [2.45, 2.75) is 33.0 Å². The predicted molar refractivity (Wildman–Crippen MR) is 102 cm³/mol. The summed E-state index contributed by atoms with van der Waals surface area (Å²) in [5, 5.41) is 3.90. The molecule has 30 heavy (non-hydrogen) atoms. The third kappa shape index (κ3) is 4.64. The lowest BCUT2D eigenvalue weighted by Crippen LogP contribution is -2.46. The molecule has 0 spiro atoms. The first kappa shape index (κ1) is 23.4. The minimum Gasteiger partial charge on any atom is -0.344 e. The van der Waals surface area contributed by atoms with Crippen LogP contribution in [0.25, 0.3) is 0 Å². The van der Waals surface area contributed by atoms with Gasteiger partial charge in [-0.1, -0.05) is 11.6 Å². The topological polar surface area (TPSA) is 80.2 Å². The van der Waals surface area contributed by atoms with Gasteiger partial charge < -0.3 is 15.2 Å². The summed E-state index contributed by atoms with van der Waals surface area (Å²) in [5.74, 6) is -3.99.